The summed E-state index contributed by atoms with van der Waals surface area (Å²) in [6.07, 6.45) is 3.66. The van der Waals surface area contributed by atoms with E-state index in [0.29, 0.717) is 0 Å². The first kappa shape index (κ1) is 8.44. The Morgan fingerprint density at radius 1 is 1.31 bits per heavy atom. The summed E-state index contributed by atoms with van der Waals surface area (Å²) in [5.74, 6) is 0. The van der Waals surface area contributed by atoms with Crippen LogP contribution in [-0.4, -0.2) is 14.8 Å². The van der Waals surface area contributed by atoms with Gasteiger partial charge in [0.2, 0.25) is 0 Å². The average Bonchev–Trinajstić information content (AvgIpc) is 2.52. The molecule has 2 rings (SSSR count). The molecule has 0 atom stereocenters. The van der Waals surface area contributed by atoms with Gasteiger partial charge >= 0.3 is 0 Å². The Kier molecular flexibility index (Phi) is 2.14. The number of hydrogen-bond acceptors (Lipinski definition) is 2. The highest BCUT2D eigenvalue weighted by atomic mass is 79.9. The molecule has 0 spiro atoms. The van der Waals surface area contributed by atoms with E-state index in [1.807, 2.05) is 31.4 Å². The van der Waals surface area contributed by atoms with Crippen LogP contribution in [0.1, 0.15) is 0 Å². The Hall–Kier alpha value is -1.16. The lowest BCUT2D eigenvalue weighted by molar-refractivity contribution is 0.770. The molecular formula is C9H8BrN3. The molecule has 0 N–H and O–H groups in total. The van der Waals surface area contributed by atoms with Crippen LogP contribution in [0.2, 0.25) is 0 Å². The van der Waals surface area contributed by atoms with E-state index >= 15 is 0 Å². The molecule has 0 aromatic carbocycles. The molecular weight excluding hydrogens is 230 g/mol. The lowest BCUT2D eigenvalue weighted by Crippen LogP contribution is -1.89. The summed E-state index contributed by atoms with van der Waals surface area (Å²) in [6, 6.07) is 5.78. The third kappa shape index (κ3) is 1.78. The third-order valence-corrected chi connectivity index (χ3v) is 2.19. The Labute approximate surface area is 84.5 Å². The Bertz CT molecular complexity index is 422. The Morgan fingerprint density at radius 3 is 2.77 bits per heavy atom. The molecule has 0 radical (unpaired) electrons. The minimum absolute atomic E-state index is 0.884. The molecule has 66 valence electrons. The minimum atomic E-state index is 0.884. The summed E-state index contributed by atoms with van der Waals surface area (Å²) in [7, 11) is 1.89. The third-order valence-electron chi connectivity index (χ3n) is 1.70. The van der Waals surface area contributed by atoms with E-state index in [9.17, 15) is 0 Å². The summed E-state index contributed by atoms with van der Waals surface area (Å²) in [4.78, 5) is 4.22. The second-order valence-electron chi connectivity index (χ2n) is 2.73. The summed E-state index contributed by atoms with van der Waals surface area (Å²) < 4.78 is 2.78. The maximum Gasteiger partial charge on any atom is 0.111 e. The topological polar surface area (TPSA) is 30.7 Å². The van der Waals surface area contributed by atoms with E-state index in [-0.39, 0.29) is 0 Å². The van der Waals surface area contributed by atoms with Gasteiger partial charge in [-0.05, 0) is 18.2 Å². The second kappa shape index (κ2) is 3.30. The number of nitrogens with zero attached hydrogens (tertiary/aromatic N) is 3. The number of halogens is 1. The van der Waals surface area contributed by atoms with Gasteiger partial charge in [0.1, 0.15) is 5.69 Å². The number of rotatable bonds is 1. The van der Waals surface area contributed by atoms with Gasteiger partial charge in [0.25, 0.3) is 0 Å². The van der Waals surface area contributed by atoms with Gasteiger partial charge < -0.3 is 0 Å². The normalized spacial score (nSPS) is 10.3. The van der Waals surface area contributed by atoms with Crippen LogP contribution in [0.4, 0.5) is 0 Å². The van der Waals surface area contributed by atoms with Crippen LogP contribution < -0.4 is 0 Å². The largest absolute Gasteiger partial charge is 0.275 e. The first-order chi connectivity index (χ1) is 6.25. The van der Waals surface area contributed by atoms with Crippen LogP contribution in [0.3, 0.4) is 0 Å². The van der Waals surface area contributed by atoms with E-state index in [1.54, 1.807) is 10.9 Å². The summed E-state index contributed by atoms with van der Waals surface area (Å²) >= 11 is 3.39. The summed E-state index contributed by atoms with van der Waals surface area (Å²) in [6.45, 7) is 0. The quantitative estimate of drug-likeness (QED) is 0.762. The summed E-state index contributed by atoms with van der Waals surface area (Å²) in [5.41, 5.74) is 1.78. The molecule has 0 fully saturated rings. The molecule has 4 heteroatoms. The molecule has 0 aliphatic carbocycles. The van der Waals surface area contributed by atoms with Crippen LogP contribution in [0.5, 0.6) is 0 Å². The fourth-order valence-electron chi connectivity index (χ4n) is 1.10. The standard InChI is InChI=1S/C9H8BrN3/c1-13-5-3-8(12-13)9-6-7(10)2-4-11-9/h2-6H,1H3. The van der Waals surface area contributed by atoms with Gasteiger partial charge in [-0.15, -0.1) is 0 Å². The molecule has 13 heavy (non-hydrogen) atoms. The molecule has 0 saturated carbocycles. The molecule has 0 amide bonds. The SMILES string of the molecule is Cn1ccc(-c2cc(Br)ccn2)n1. The maximum atomic E-state index is 4.26. The molecule has 0 unspecified atom stereocenters. The smallest absolute Gasteiger partial charge is 0.111 e. The van der Waals surface area contributed by atoms with Crippen molar-refractivity contribution in [3.63, 3.8) is 0 Å². The summed E-state index contributed by atoms with van der Waals surface area (Å²) in [5, 5.41) is 4.26. The number of aryl methyl sites for hydroxylation is 1. The molecule has 0 aliphatic heterocycles. The molecule has 0 aliphatic rings. The van der Waals surface area contributed by atoms with Crippen LogP contribution in [0, 0.1) is 0 Å². The molecule has 2 aromatic heterocycles. The lowest BCUT2D eigenvalue weighted by atomic mass is 10.3. The molecule has 0 saturated heterocycles. The highest BCUT2D eigenvalue weighted by Crippen LogP contribution is 2.17. The monoisotopic (exact) mass is 237 g/mol. The van der Waals surface area contributed by atoms with E-state index < -0.39 is 0 Å². The second-order valence-corrected chi connectivity index (χ2v) is 3.65. The predicted octanol–water partition coefficient (Wildman–Crippen LogP) is 2.24. The zero-order valence-electron chi connectivity index (χ0n) is 7.11. The van der Waals surface area contributed by atoms with Gasteiger partial charge in [-0.3, -0.25) is 9.67 Å². The minimum Gasteiger partial charge on any atom is -0.275 e. The van der Waals surface area contributed by atoms with Crippen molar-refractivity contribution in [2.45, 2.75) is 0 Å². The van der Waals surface area contributed by atoms with Gasteiger partial charge in [0.15, 0.2) is 0 Å². The zero-order valence-corrected chi connectivity index (χ0v) is 8.69. The first-order valence-electron chi connectivity index (χ1n) is 3.87. The molecule has 3 nitrogen and oxygen atoms in total. The van der Waals surface area contributed by atoms with Crippen LogP contribution in [-0.2, 0) is 7.05 Å². The van der Waals surface area contributed by atoms with Gasteiger partial charge in [0.05, 0.1) is 5.69 Å². The van der Waals surface area contributed by atoms with Crippen molar-refractivity contribution in [2.75, 3.05) is 0 Å². The van der Waals surface area contributed by atoms with E-state index in [1.165, 1.54) is 0 Å². The highest BCUT2D eigenvalue weighted by molar-refractivity contribution is 9.10. The van der Waals surface area contributed by atoms with Crippen molar-refractivity contribution in [1.29, 1.82) is 0 Å². The average molecular weight is 238 g/mol. The molecule has 0 bridgehead atoms. The van der Waals surface area contributed by atoms with Crippen molar-refractivity contribution in [3.05, 3.63) is 35.1 Å². The zero-order chi connectivity index (χ0) is 9.26. The van der Waals surface area contributed by atoms with Crippen LogP contribution in [0.25, 0.3) is 11.4 Å². The predicted molar refractivity (Wildman–Crippen MR) is 54.1 cm³/mol. The van der Waals surface area contributed by atoms with Crippen LogP contribution in [0.15, 0.2) is 35.1 Å². The Balaban J connectivity index is 2.46. The van der Waals surface area contributed by atoms with Gasteiger partial charge in [-0.1, -0.05) is 15.9 Å². The Morgan fingerprint density at radius 2 is 2.15 bits per heavy atom. The van der Waals surface area contributed by atoms with E-state index in [2.05, 4.69) is 26.0 Å². The first-order valence-corrected chi connectivity index (χ1v) is 4.66. The van der Waals surface area contributed by atoms with Gasteiger partial charge in [-0.25, -0.2) is 0 Å². The maximum absolute atomic E-state index is 4.26. The number of aromatic nitrogens is 3. The van der Waals surface area contributed by atoms with E-state index in [0.717, 1.165) is 15.9 Å². The van der Waals surface area contributed by atoms with Gasteiger partial charge in [0, 0.05) is 23.9 Å². The van der Waals surface area contributed by atoms with Crippen molar-refractivity contribution in [1.82, 2.24) is 14.8 Å². The molecule has 2 aromatic rings. The van der Waals surface area contributed by atoms with Crippen molar-refractivity contribution < 1.29 is 0 Å². The fraction of sp³-hybridized carbons (Fsp3) is 0.111. The highest BCUT2D eigenvalue weighted by Gasteiger charge is 2.01. The lowest BCUT2D eigenvalue weighted by Gasteiger charge is -1.95. The van der Waals surface area contributed by atoms with E-state index in [4.69, 9.17) is 0 Å². The van der Waals surface area contributed by atoms with Crippen LogP contribution >= 0.6 is 15.9 Å². The van der Waals surface area contributed by atoms with Gasteiger partial charge in [-0.2, -0.15) is 5.10 Å². The van der Waals surface area contributed by atoms with Crippen molar-refractivity contribution in [2.24, 2.45) is 7.05 Å². The number of pyridine rings is 1. The molecule has 2 heterocycles. The fourth-order valence-corrected chi connectivity index (χ4v) is 1.43. The van der Waals surface area contributed by atoms with Crippen molar-refractivity contribution in [3.8, 4) is 11.4 Å². The number of hydrogen-bond donors (Lipinski definition) is 0. The van der Waals surface area contributed by atoms with Crippen molar-refractivity contribution >= 4 is 15.9 Å².